The molecule has 1 aliphatic heterocycles. The molecule has 1 aliphatic rings. The molecule has 3 aromatic carbocycles. The predicted molar refractivity (Wildman–Crippen MR) is 121 cm³/mol. The first-order valence-corrected chi connectivity index (χ1v) is 10.5. The van der Waals surface area contributed by atoms with Crippen LogP contribution in [0.3, 0.4) is 0 Å². The van der Waals surface area contributed by atoms with Crippen LogP contribution in [0.25, 0.3) is 10.8 Å². The number of nitrogens with one attached hydrogen (secondary N) is 2. The van der Waals surface area contributed by atoms with Gasteiger partial charge in [-0.15, -0.1) is 0 Å². The largest absolute Gasteiger partial charge is 0.367 e. The Labute approximate surface area is 173 Å². The minimum atomic E-state index is 0.808. The maximum atomic E-state index is 3.57. The highest BCUT2D eigenvalue weighted by Gasteiger charge is 2.17. The Hall–Kier alpha value is -2.82. The molecule has 29 heavy (non-hydrogen) atoms. The summed E-state index contributed by atoms with van der Waals surface area (Å²) in [7, 11) is 0. The summed E-state index contributed by atoms with van der Waals surface area (Å²) in [6.07, 6.45) is 2.11. The van der Waals surface area contributed by atoms with Crippen LogP contribution in [0, 0.1) is 0 Å². The fraction of sp³-hybridized carbons (Fsp3) is 0.280. The Morgan fingerprint density at radius 3 is 2.38 bits per heavy atom. The molecular weight excluding hydrogens is 356 g/mol. The van der Waals surface area contributed by atoms with Crippen LogP contribution in [0.5, 0.6) is 0 Å². The van der Waals surface area contributed by atoms with Gasteiger partial charge in [0.2, 0.25) is 0 Å². The van der Waals surface area contributed by atoms with Gasteiger partial charge in [0.25, 0.3) is 0 Å². The molecule has 0 saturated carbocycles. The van der Waals surface area contributed by atoms with E-state index in [2.05, 4.69) is 106 Å². The summed E-state index contributed by atoms with van der Waals surface area (Å²) < 4.78 is 0. The Kier molecular flexibility index (Phi) is 6.45. The normalized spacial score (nSPS) is 16.1. The molecule has 0 radical (unpaired) electrons. The lowest BCUT2D eigenvalue weighted by Crippen LogP contribution is -2.52. The van der Waals surface area contributed by atoms with Gasteiger partial charge in [-0.3, -0.25) is 4.90 Å². The highest BCUT2D eigenvalue weighted by molar-refractivity contribution is 5.85. The molecule has 0 atom stereocenters. The zero-order chi connectivity index (χ0) is 19.9. The van der Waals surface area contributed by atoms with E-state index >= 15 is 0 Å². The van der Waals surface area contributed by atoms with Gasteiger partial charge in [0.1, 0.15) is 5.82 Å². The topological polar surface area (TPSA) is 30.5 Å². The number of piperazine rings is 1. The zero-order valence-electron chi connectivity index (χ0n) is 17.1. The van der Waals surface area contributed by atoms with Crippen molar-refractivity contribution in [1.29, 1.82) is 0 Å². The molecule has 0 aliphatic carbocycles. The van der Waals surface area contributed by atoms with Crippen LogP contribution in [-0.2, 0) is 13.1 Å². The summed E-state index contributed by atoms with van der Waals surface area (Å²) in [6, 6.07) is 25.8. The molecule has 150 valence electrons. The lowest BCUT2D eigenvalue weighted by Gasteiger charge is -2.35. The predicted octanol–water partition coefficient (Wildman–Crippen LogP) is 4.11. The third-order valence-electron chi connectivity index (χ3n) is 5.54. The number of benzene rings is 3. The standard InChI is InChI=1S/C25H30N4/c1-2-25(26-19-23-13-8-12-22-11-6-7-14-24(22)23)27-29-17-15-28(16-18-29)20-21-9-4-3-5-10-21/h2-14,26-27H,15-20H2,1H3/b25-2+. The minimum absolute atomic E-state index is 0.808. The van der Waals surface area contributed by atoms with Crippen molar-refractivity contribution >= 4 is 10.8 Å². The molecule has 1 saturated heterocycles. The lowest BCUT2D eigenvalue weighted by atomic mass is 10.0. The lowest BCUT2D eigenvalue weighted by molar-refractivity contribution is 0.0942. The highest BCUT2D eigenvalue weighted by Crippen LogP contribution is 2.18. The molecule has 3 aromatic rings. The molecular formula is C25H30N4. The number of hydrogen-bond donors (Lipinski definition) is 2. The van der Waals surface area contributed by atoms with Gasteiger partial charge in [-0.05, 0) is 34.9 Å². The van der Waals surface area contributed by atoms with Crippen molar-refractivity contribution in [3.8, 4) is 0 Å². The summed E-state index contributed by atoms with van der Waals surface area (Å²) in [5, 5.41) is 8.48. The van der Waals surface area contributed by atoms with Crippen LogP contribution < -0.4 is 10.7 Å². The van der Waals surface area contributed by atoms with E-state index in [9.17, 15) is 0 Å². The second-order valence-corrected chi connectivity index (χ2v) is 7.55. The average molecular weight is 387 g/mol. The van der Waals surface area contributed by atoms with Crippen LogP contribution in [0.4, 0.5) is 0 Å². The quantitative estimate of drug-likeness (QED) is 0.640. The first-order valence-electron chi connectivity index (χ1n) is 10.5. The second kappa shape index (κ2) is 9.59. The molecule has 0 spiro atoms. The SMILES string of the molecule is C/C=C(\NCc1cccc2ccccc12)NN1CCN(Cc2ccccc2)CC1. The maximum absolute atomic E-state index is 3.57. The Morgan fingerprint density at radius 1 is 0.862 bits per heavy atom. The average Bonchev–Trinajstić information content (AvgIpc) is 2.78. The molecule has 4 rings (SSSR count). The second-order valence-electron chi connectivity index (χ2n) is 7.55. The fourth-order valence-electron chi connectivity index (χ4n) is 3.87. The van der Waals surface area contributed by atoms with Crippen molar-refractivity contribution in [2.45, 2.75) is 20.0 Å². The summed E-state index contributed by atoms with van der Waals surface area (Å²) in [5.41, 5.74) is 6.27. The van der Waals surface area contributed by atoms with E-state index in [4.69, 9.17) is 0 Å². The van der Waals surface area contributed by atoms with Gasteiger partial charge in [0, 0.05) is 39.3 Å². The molecule has 0 aromatic heterocycles. The van der Waals surface area contributed by atoms with Gasteiger partial charge in [0.15, 0.2) is 0 Å². The van der Waals surface area contributed by atoms with Gasteiger partial charge < -0.3 is 10.7 Å². The monoisotopic (exact) mass is 386 g/mol. The molecule has 4 heteroatoms. The van der Waals surface area contributed by atoms with Gasteiger partial charge in [0.05, 0.1) is 0 Å². The molecule has 1 fully saturated rings. The van der Waals surface area contributed by atoms with Crippen molar-refractivity contribution in [3.05, 3.63) is 95.8 Å². The van der Waals surface area contributed by atoms with Crippen molar-refractivity contribution in [2.75, 3.05) is 26.2 Å². The summed E-state index contributed by atoms with van der Waals surface area (Å²) in [5.74, 6) is 1.06. The third kappa shape index (κ3) is 5.17. The third-order valence-corrected chi connectivity index (χ3v) is 5.54. The summed E-state index contributed by atoms with van der Waals surface area (Å²) in [4.78, 5) is 2.52. The Morgan fingerprint density at radius 2 is 1.59 bits per heavy atom. The number of allylic oxidation sites excluding steroid dienone is 1. The summed E-state index contributed by atoms with van der Waals surface area (Å²) in [6.45, 7) is 8.08. The Bertz CT molecular complexity index is 938. The molecule has 0 unspecified atom stereocenters. The molecule has 4 nitrogen and oxygen atoms in total. The van der Waals surface area contributed by atoms with Crippen LogP contribution in [0.15, 0.2) is 84.7 Å². The van der Waals surface area contributed by atoms with E-state index in [1.165, 1.54) is 21.9 Å². The molecule has 2 N–H and O–H groups in total. The van der Waals surface area contributed by atoms with Crippen LogP contribution in [-0.4, -0.2) is 36.1 Å². The Balaban J connectivity index is 1.28. The van der Waals surface area contributed by atoms with Gasteiger partial charge in [-0.1, -0.05) is 72.8 Å². The highest BCUT2D eigenvalue weighted by atomic mass is 15.5. The van der Waals surface area contributed by atoms with Crippen molar-refractivity contribution in [1.82, 2.24) is 20.7 Å². The zero-order valence-corrected chi connectivity index (χ0v) is 17.1. The van der Waals surface area contributed by atoms with Crippen molar-refractivity contribution in [2.24, 2.45) is 0 Å². The van der Waals surface area contributed by atoms with E-state index < -0.39 is 0 Å². The van der Waals surface area contributed by atoms with Gasteiger partial charge in [-0.2, -0.15) is 0 Å². The number of fused-ring (bicyclic) bond motifs is 1. The first-order chi connectivity index (χ1) is 14.3. The smallest absolute Gasteiger partial charge is 0.109 e. The van der Waals surface area contributed by atoms with Crippen LogP contribution >= 0.6 is 0 Å². The van der Waals surface area contributed by atoms with E-state index in [1.807, 2.05) is 0 Å². The number of hydrogen-bond acceptors (Lipinski definition) is 4. The molecule has 0 bridgehead atoms. The number of nitrogens with zero attached hydrogens (tertiary/aromatic N) is 2. The molecule has 1 heterocycles. The van der Waals surface area contributed by atoms with E-state index in [1.54, 1.807) is 0 Å². The minimum Gasteiger partial charge on any atom is -0.367 e. The van der Waals surface area contributed by atoms with E-state index in [0.717, 1.165) is 45.1 Å². The van der Waals surface area contributed by atoms with Crippen molar-refractivity contribution in [3.63, 3.8) is 0 Å². The number of hydrazine groups is 1. The van der Waals surface area contributed by atoms with E-state index in [-0.39, 0.29) is 0 Å². The van der Waals surface area contributed by atoms with Crippen molar-refractivity contribution < 1.29 is 0 Å². The van der Waals surface area contributed by atoms with Gasteiger partial charge >= 0.3 is 0 Å². The fourth-order valence-corrected chi connectivity index (χ4v) is 3.87. The maximum Gasteiger partial charge on any atom is 0.109 e. The summed E-state index contributed by atoms with van der Waals surface area (Å²) >= 11 is 0. The first kappa shape index (κ1) is 19.5. The van der Waals surface area contributed by atoms with Crippen LogP contribution in [0.2, 0.25) is 0 Å². The molecule has 0 amide bonds. The van der Waals surface area contributed by atoms with Gasteiger partial charge in [-0.25, -0.2) is 5.01 Å². The van der Waals surface area contributed by atoms with E-state index in [0.29, 0.717) is 0 Å². The van der Waals surface area contributed by atoms with Crippen LogP contribution in [0.1, 0.15) is 18.1 Å². The number of rotatable bonds is 7.